The van der Waals surface area contributed by atoms with Gasteiger partial charge in [-0.2, -0.15) is 0 Å². The molecule has 6 rings (SSSR count). The van der Waals surface area contributed by atoms with E-state index >= 15 is 0 Å². The number of hydrogen-bond donors (Lipinski definition) is 1. The lowest BCUT2D eigenvalue weighted by molar-refractivity contribution is 0.0781. The van der Waals surface area contributed by atoms with E-state index < -0.39 is 0 Å². The average molecular weight is 563 g/mol. The molecule has 1 amide bonds. The second-order valence-electron chi connectivity index (χ2n) is 10.8. The highest BCUT2D eigenvalue weighted by Crippen LogP contribution is 2.40. The van der Waals surface area contributed by atoms with E-state index in [0.717, 1.165) is 81.1 Å². The van der Waals surface area contributed by atoms with Gasteiger partial charge in [-0.3, -0.25) is 4.79 Å². The third-order valence-electron chi connectivity index (χ3n) is 8.37. The largest absolute Gasteiger partial charge is 0.341 e. The summed E-state index contributed by atoms with van der Waals surface area (Å²) in [5.41, 5.74) is 3.82. The lowest BCUT2D eigenvalue weighted by atomic mass is 9.76. The fraction of sp³-hybridized carbons (Fsp3) is 0.355. The van der Waals surface area contributed by atoms with Crippen LogP contribution in [0.15, 0.2) is 72.8 Å². The van der Waals surface area contributed by atoms with Gasteiger partial charge in [0.05, 0.1) is 21.1 Å². The van der Waals surface area contributed by atoms with Gasteiger partial charge < -0.3 is 19.7 Å². The average Bonchev–Trinajstić information content (AvgIpc) is 3.53. The lowest BCUT2D eigenvalue weighted by Crippen LogP contribution is -2.39. The number of nitrogens with zero attached hydrogens (tertiary/aromatic N) is 4. The van der Waals surface area contributed by atoms with E-state index in [0.29, 0.717) is 16.6 Å². The van der Waals surface area contributed by atoms with Crippen LogP contribution in [0.1, 0.15) is 35.2 Å². The molecule has 1 aromatic heterocycles. The van der Waals surface area contributed by atoms with E-state index in [-0.39, 0.29) is 11.3 Å². The molecule has 1 unspecified atom stereocenters. The van der Waals surface area contributed by atoms with Gasteiger partial charge in [0.25, 0.3) is 5.91 Å². The van der Waals surface area contributed by atoms with Crippen molar-refractivity contribution in [1.29, 1.82) is 0 Å². The molecule has 1 N–H and O–H groups in total. The second kappa shape index (κ2) is 11.2. The Kier molecular flexibility index (Phi) is 7.52. The number of nitrogens with one attached hydrogen (secondary N) is 1. The summed E-state index contributed by atoms with van der Waals surface area (Å²) in [6.07, 6.45) is 2.94. The molecule has 2 aliphatic rings. The van der Waals surface area contributed by atoms with Gasteiger partial charge in [0.15, 0.2) is 0 Å². The smallest absolute Gasteiger partial charge is 0.253 e. The number of likely N-dealkylation sites (tertiary alicyclic amines) is 1. The van der Waals surface area contributed by atoms with Crippen molar-refractivity contribution in [1.82, 2.24) is 19.8 Å². The van der Waals surface area contributed by atoms with Crippen molar-refractivity contribution < 1.29 is 4.79 Å². The lowest BCUT2D eigenvalue weighted by Gasteiger charge is -2.33. The molecule has 3 aromatic carbocycles. The Morgan fingerprint density at radius 1 is 0.897 bits per heavy atom. The Morgan fingerprint density at radius 2 is 1.72 bits per heavy atom. The van der Waals surface area contributed by atoms with Crippen molar-refractivity contribution in [3.63, 3.8) is 0 Å². The number of carbonyl (C=O) groups is 1. The zero-order valence-electron chi connectivity index (χ0n) is 22.0. The van der Waals surface area contributed by atoms with Crippen LogP contribution in [0.4, 0.5) is 5.95 Å². The van der Waals surface area contributed by atoms with Crippen LogP contribution in [0.5, 0.6) is 0 Å². The molecule has 202 valence electrons. The summed E-state index contributed by atoms with van der Waals surface area (Å²) < 4.78 is 0. The van der Waals surface area contributed by atoms with Gasteiger partial charge in [0.1, 0.15) is 0 Å². The van der Waals surface area contributed by atoms with Crippen LogP contribution >= 0.6 is 23.2 Å². The van der Waals surface area contributed by atoms with Gasteiger partial charge in [0, 0.05) is 43.7 Å². The van der Waals surface area contributed by atoms with Crippen LogP contribution < -0.4 is 4.90 Å². The highest BCUT2D eigenvalue weighted by Gasteiger charge is 2.42. The summed E-state index contributed by atoms with van der Waals surface area (Å²) in [4.78, 5) is 28.6. The number of halogens is 2. The Bertz CT molecular complexity index is 1420. The predicted molar refractivity (Wildman–Crippen MR) is 159 cm³/mol. The van der Waals surface area contributed by atoms with Crippen molar-refractivity contribution in [2.75, 3.05) is 50.7 Å². The van der Waals surface area contributed by atoms with E-state index in [2.05, 4.69) is 33.0 Å². The molecule has 0 radical (unpaired) electrons. The predicted octanol–water partition coefficient (Wildman–Crippen LogP) is 6.26. The molecule has 0 saturated carbocycles. The number of benzene rings is 3. The summed E-state index contributed by atoms with van der Waals surface area (Å²) in [7, 11) is 0. The Hall–Kier alpha value is -3.06. The van der Waals surface area contributed by atoms with Crippen LogP contribution in [0.3, 0.4) is 0 Å². The van der Waals surface area contributed by atoms with Gasteiger partial charge in [-0.15, -0.1) is 0 Å². The number of H-pyrrole nitrogens is 1. The van der Waals surface area contributed by atoms with Crippen LogP contribution in [-0.4, -0.2) is 71.5 Å². The first-order chi connectivity index (χ1) is 19.0. The molecule has 0 aliphatic carbocycles. The van der Waals surface area contributed by atoms with Gasteiger partial charge in [-0.1, -0.05) is 59.6 Å². The SMILES string of the molecule is O=C(c1ccccc1)N1CCC(CCN2CCCN(c3nc4ccccc4[nH]3)CC2)(c2ccc(Cl)c(Cl)c2)C1. The molecular weight excluding hydrogens is 529 g/mol. The number of aromatic amines is 1. The second-order valence-corrected chi connectivity index (χ2v) is 11.6. The molecule has 2 aliphatic heterocycles. The number of anilines is 1. The topological polar surface area (TPSA) is 55.5 Å². The van der Waals surface area contributed by atoms with E-state index in [1.165, 1.54) is 5.56 Å². The highest BCUT2D eigenvalue weighted by molar-refractivity contribution is 6.42. The monoisotopic (exact) mass is 561 g/mol. The molecule has 0 spiro atoms. The minimum absolute atomic E-state index is 0.0915. The molecule has 8 heteroatoms. The molecule has 39 heavy (non-hydrogen) atoms. The normalized spacial score (nSPS) is 20.5. The Labute approximate surface area is 239 Å². The zero-order chi connectivity index (χ0) is 26.8. The summed E-state index contributed by atoms with van der Waals surface area (Å²) in [5.74, 6) is 1.05. The number of para-hydroxylation sites is 2. The van der Waals surface area contributed by atoms with Crippen LogP contribution in [0, 0.1) is 0 Å². The minimum atomic E-state index is -0.163. The van der Waals surface area contributed by atoms with E-state index in [1.54, 1.807) is 0 Å². The van der Waals surface area contributed by atoms with Crippen LogP contribution in [-0.2, 0) is 5.41 Å². The van der Waals surface area contributed by atoms with Crippen LogP contribution in [0.2, 0.25) is 10.0 Å². The summed E-state index contributed by atoms with van der Waals surface area (Å²) in [5, 5.41) is 1.13. The molecule has 2 fully saturated rings. The van der Waals surface area contributed by atoms with Gasteiger partial charge in [0.2, 0.25) is 5.95 Å². The van der Waals surface area contributed by atoms with Crippen molar-refractivity contribution in [2.45, 2.75) is 24.7 Å². The molecule has 2 saturated heterocycles. The number of rotatable bonds is 6. The Morgan fingerprint density at radius 3 is 2.54 bits per heavy atom. The van der Waals surface area contributed by atoms with Crippen molar-refractivity contribution in [3.8, 4) is 0 Å². The minimum Gasteiger partial charge on any atom is -0.341 e. The quantitative estimate of drug-likeness (QED) is 0.302. The maximum absolute atomic E-state index is 13.3. The van der Waals surface area contributed by atoms with Gasteiger partial charge in [-0.25, -0.2) is 4.98 Å². The maximum atomic E-state index is 13.3. The molecular formula is C31H33Cl2N5O. The highest BCUT2D eigenvalue weighted by atomic mass is 35.5. The fourth-order valence-electron chi connectivity index (χ4n) is 6.09. The molecule has 6 nitrogen and oxygen atoms in total. The van der Waals surface area contributed by atoms with Gasteiger partial charge in [-0.05, 0) is 74.3 Å². The number of aromatic nitrogens is 2. The first-order valence-corrected chi connectivity index (χ1v) is 14.5. The summed E-state index contributed by atoms with van der Waals surface area (Å²) in [6.45, 7) is 6.29. The third kappa shape index (κ3) is 5.51. The fourth-order valence-corrected chi connectivity index (χ4v) is 6.38. The first-order valence-electron chi connectivity index (χ1n) is 13.7. The first kappa shape index (κ1) is 26.2. The third-order valence-corrected chi connectivity index (χ3v) is 9.10. The molecule has 1 atom stereocenters. The van der Waals surface area contributed by atoms with Crippen LogP contribution in [0.25, 0.3) is 11.0 Å². The van der Waals surface area contributed by atoms with E-state index in [1.807, 2.05) is 59.5 Å². The Balaban J connectivity index is 1.17. The maximum Gasteiger partial charge on any atom is 0.253 e. The number of fused-ring (bicyclic) bond motifs is 1. The summed E-state index contributed by atoms with van der Waals surface area (Å²) in [6, 6.07) is 23.8. The van der Waals surface area contributed by atoms with E-state index in [4.69, 9.17) is 28.2 Å². The summed E-state index contributed by atoms with van der Waals surface area (Å²) >= 11 is 12.8. The number of amides is 1. The molecule has 3 heterocycles. The van der Waals surface area contributed by atoms with Crippen molar-refractivity contribution in [3.05, 3.63) is 94.0 Å². The van der Waals surface area contributed by atoms with E-state index in [9.17, 15) is 4.79 Å². The van der Waals surface area contributed by atoms with Crippen molar-refractivity contribution in [2.24, 2.45) is 0 Å². The molecule has 0 bridgehead atoms. The standard InChI is InChI=1S/C31H33Cl2N5O/c32-25-12-11-24(21-26(25)33)31(14-18-38(22-31)29(39)23-7-2-1-3-8-23)13-17-36-15-6-16-37(20-19-36)30-34-27-9-4-5-10-28(27)35-30/h1-5,7-12,21H,6,13-20,22H2,(H,34,35). The zero-order valence-corrected chi connectivity index (χ0v) is 23.5. The van der Waals surface area contributed by atoms with Crippen molar-refractivity contribution >= 4 is 46.1 Å². The molecule has 4 aromatic rings. The van der Waals surface area contributed by atoms with Gasteiger partial charge >= 0.3 is 0 Å². The number of carbonyl (C=O) groups excluding carboxylic acids is 1. The number of hydrogen-bond acceptors (Lipinski definition) is 4. The number of imidazole rings is 1.